The van der Waals surface area contributed by atoms with Crippen LogP contribution in [0.4, 0.5) is 0 Å². The van der Waals surface area contributed by atoms with Crippen LogP contribution in [0, 0.1) is 5.92 Å². The molecule has 2 aliphatic carbocycles. The van der Waals surface area contributed by atoms with Gasteiger partial charge in [0.1, 0.15) is 0 Å². The van der Waals surface area contributed by atoms with Crippen molar-refractivity contribution in [3.05, 3.63) is 153 Å². The van der Waals surface area contributed by atoms with Gasteiger partial charge in [0.2, 0.25) is 0 Å². The number of benzene rings is 1. The Labute approximate surface area is 251 Å². The summed E-state index contributed by atoms with van der Waals surface area (Å²) >= 11 is 0. The van der Waals surface area contributed by atoms with Gasteiger partial charge in [-0.1, -0.05) is 150 Å². The molecule has 41 heavy (non-hydrogen) atoms. The molecule has 1 saturated carbocycles. The van der Waals surface area contributed by atoms with Gasteiger partial charge in [-0.3, -0.25) is 0 Å². The van der Waals surface area contributed by atoms with Gasteiger partial charge in [0.25, 0.3) is 0 Å². The summed E-state index contributed by atoms with van der Waals surface area (Å²) in [6.07, 6.45) is 36.8. The molecule has 0 aliphatic heterocycles. The van der Waals surface area contributed by atoms with Crippen LogP contribution in [0.25, 0.3) is 11.6 Å². The summed E-state index contributed by atoms with van der Waals surface area (Å²) in [6, 6.07) is 8.89. The van der Waals surface area contributed by atoms with E-state index in [1.807, 2.05) is 0 Å². The fraction of sp³-hybridized carbons (Fsp3) is 0.317. The number of allylic oxidation sites excluding steroid dienone is 21. The van der Waals surface area contributed by atoms with E-state index >= 15 is 0 Å². The summed E-state index contributed by atoms with van der Waals surface area (Å²) < 4.78 is 0. The van der Waals surface area contributed by atoms with Gasteiger partial charge in [0, 0.05) is 0 Å². The van der Waals surface area contributed by atoms with Crippen LogP contribution in [0.3, 0.4) is 0 Å². The highest BCUT2D eigenvalue weighted by molar-refractivity contribution is 5.70. The summed E-state index contributed by atoms with van der Waals surface area (Å²) in [4.78, 5) is 0. The van der Waals surface area contributed by atoms with Gasteiger partial charge in [0.05, 0.1) is 0 Å². The first kappa shape index (κ1) is 31.9. The largest absolute Gasteiger partial charge is 0.0698 e. The number of hydrogen-bond donors (Lipinski definition) is 0. The van der Waals surface area contributed by atoms with Crippen molar-refractivity contribution in [3.63, 3.8) is 0 Å². The van der Waals surface area contributed by atoms with E-state index in [9.17, 15) is 0 Å². The van der Waals surface area contributed by atoms with E-state index in [0.717, 1.165) is 0 Å². The first-order valence-electron chi connectivity index (χ1n) is 15.3. The molecule has 0 saturated heterocycles. The first-order valence-corrected chi connectivity index (χ1v) is 15.3. The average Bonchev–Trinajstić information content (AvgIpc) is 3.80. The monoisotopic (exact) mass is 542 g/mol. The molecule has 1 atom stereocenters. The van der Waals surface area contributed by atoms with Gasteiger partial charge >= 0.3 is 0 Å². The first-order chi connectivity index (χ1) is 19.7. The minimum atomic E-state index is 0.684. The normalized spacial score (nSPS) is 19.8. The average molecular weight is 543 g/mol. The summed E-state index contributed by atoms with van der Waals surface area (Å²) in [5, 5.41) is 0. The second kappa shape index (κ2) is 16.6. The Morgan fingerprint density at radius 3 is 1.68 bits per heavy atom. The molecule has 0 nitrogen and oxygen atoms in total. The third kappa shape index (κ3) is 11.8. The molecule has 0 radical (unpaired) electrons. The molecule has 0 aromatic heterocycles. The lowest BCUT2D eigenvalue weighted by Crippen LogP contribution is -2.06. The second-order valence-corrected chi connectivity index (χ2v) is 11.8. The highest BCUT2D eigenvalue weighted by atomic mass is 14.2. The molecule has 2 aliphatic rings. The zero-order valence-electron chi connectivity index (χ0n) is 26.5. The SMILES string of the molecule is CC1=C(/C=C/C(C)=C/C=C/C(C)=C/C=C/C=C(C)/C=C/C=C(C)/C=C/c2ccc(C(C)=C3CC3)cc2)C(C)CCC1. The van der Waals surface area contributed by atoms with Gasteiger partial charge in [-0.2, -0.15) is 0 Å². The zero-order chi connectivity index (χ0) is 29.6. The van der Waals surface area contributed by atoms with Gasteiger partial charge in [-0.05, 0) is 102 Å². The Hall–Kier alpha value is -3.64. The van der Waals surface area contributed by atoms with Crippen LogP contribution in [0.5, 0.6) is 0 Å². The van der Waals surface area contributed by atoms with Crippen molar-refractivity contribution in [2.24, 2.45) is 5.92 Å². The van der Waals surface area contributed by atoms with E-state index in [-0.39, 0.29) is 0 Å². The van der Waals surface area contributed by atoms with Crippen LogP contribution >= 0.6 is 0 Å². The topological polar surface area (TPSA) is 0 Å². The molecule has 1 aromatic carbocycles. The third-order valence-corrected chi connectivity index (χ3v) is 7.92. The molecule has 0 spiro atoms. The smallest absolute Gasteiger partial charge is 0.0191 e. The molecule has 3 rings (SSSR count). The molecular formula is C41H50. The summed E-state index contributed by atoms with van der Waals surface area (Å²) in [5.74, 6) is 0.684. The maximum atomic E-state index is 2.35. The van der Waals surface area contributed by atoms with E-state index in [1.165, 1.54) is 76.7 Å². The van der Waals surface area contributed by atoms with E-state index in [2.05, 4.69) is 158 Å². The standard InChI is InChI=1S/C41H50/c1-31(15-10-17-33(3)21-23-38-24-26-39(27-25-38)37(7)40-28-29-40)13-8-9-14-32(2)16-11-18-34(4)22-30-41-35(5)19-12-20-36(41)6/h8-11,13-18,21-27,30,35H,12,19-20,28-29H2,1-7H3/b9-8+,15-10+,16-11+,23-21+,30-22+,31-13+,32-14+,33-17+,34-18+. The van der Waals surface area contributed by atoms with Crippen LogP contribution in [0.1, 0.15) is 91.7 Å². The summed E-state index contributed by atoms with van der Waals surface area (Å²) in [5.41, 5.74) is 13.7. The fourth-order valence-electron chi connectivity index (χ4n) is 4.98. The molecule has 0 bridgehead atoms. The molecule has 0 amide bonds. The zero-order valence-corrected chi connectivity index (χ0v) is 26.5. The molecular weight excluding hydrogens is 492 g/mol. The van der Waals surface area contributed by atoms with E-state index in [1.54, 1.807) is 11.1 Å². The Morgan fingerprint density at radius 1 is 0.634 bits per heavy atom. The van der Waals surface area contributed by atoms with E-state index in [4.69, 9.17) is 0 Å². The quantitative estimate of drug-likeness (QED) is 0.244. The van der Waals surface area contributed by atoms with Crippen molar-refractivity contribution in [2.75, 3.05) is 0 Å². The van der Waals surface area contributed by atoms with E-state index in [0.29, 0.717) is 5.92 Å². The number of rotatable bonds is 11. The molecule has 0 N–H and O–H groups in total. The lowest BCUT2D eigenvalue weighted by atomic mass is 9.84. The second-order valence-electron chi connectivity index (χ2n) is 11.8. The van der Waals surface area contributed by atoms with Crippen molar-refractivity contribution >= 4 is 11.6 Å². The van der Waals surface area contributed by atoms with Crippen LogP contribution in [-0.4, -0.2) is 0 Å². The molecule has 1 unspecified atom stereocenters. The van der Waals surface area contributed by atoms with E-state index < -0.39 is 0 Å². The minimum absolute atomic E-state index is 0.684. The minimum Gasteiger partial charge on any atom is -0.0698 e. The molecule has 1 aromatic rings. The molecule has 1 fully saturated rings. The Kier molecular flexibility index (Phi) is 12.9. The number of hydrogen-bond acceptors (Lipinski definition) is 0. The van der Waals surface area contributed by atoms with Crippen molar-refractivity contribution in [1.82, 2.24) is 0 Å². The lowest BCUT2D eigenvalue weighted by Gasteiger charge is -2.22. The lowest BCUT2D eigenvalue weighted by molar-refractivity contribution is 0.546. The molecule has 214 valence electrons. The Morgan fingerprint density at radius 2 is 1.15 bits per heavy atom. The van der Waals surface area contributed by atoms with Crippen molar-refractivity contribution in [2.45, 2.75) is 80.6 Å². The Balaban J connectivity index is 1.44. The van der Waals surface area contributed by atoms with Crippen molar-refractivity contribution in [1.29, 1.82) is 0 Å². The van der Waals surface area contributed by atoms with Crippen LogP contribution < -0.4 is 0 Å². The van der Waals surface area contributed by atoms with Gasteiger partial charge < -0.3 is 0 Å². The summed E-state index contributed by atoms with van der Waals surface area (Å²) in [7, 11) is 0. The van der Waals surface area contributed by atoms with Gasteiger partial charge in [-0.25, -0.2) is 0 Å². The van der Waals surface area contributed by atoms with Crippen molar-refractivity contribution in [3.8, 4) is 0 Å². The summed E-state index contributed by atoms with van der Waals surface area (Å²) in [6.45, 7) is 15.5. The van der Waals surface area contributed by atoms with Gasteiger partial charge in [-0.15, -0.1) is 0 Å². The predicted molar refractivity (Wildman–Crippen MR) is 185 cm³/mol. The maximum absolute atomic E-state index is 2.35. The van der Waals surface area contributed by atoms with Crippen LogP contribution in [0.15, 0.2) is 142 Å². The molecule has 0 heterocycles. The maximum Gasteiger partial charge on any atom is -0.0191 e. The van der Waals surface area contributed by atoms with Crippen molar-refractivity contribution < 1.29 is 0 Å². The molecule has 0 heteroatoms. The van der Waals surface area contributed by atoms with Gasteiger partial charge in [0.15, 0.2) is 0 Å². The van der Waals surface area contributed by atoms with Crippen LogP contribution in [0.2, 0.25) is 0 Å². The predicted octanol–water partition coefficient (Wildman–Crippen LogP) is 12.4. The van der Waals surface area contributed by atoms with Crippen LogP contribution in [-0.2, 0) is 0 Å². The Bertz CT molecular complexity index is 1370. The fourth-order valence-corrected chi connectivity index (χ4v) is 4.98. The highest BCUT2D eigenvalue weighted by Gasteiger charge is 2.15. The highest BCUT2D eigenvalue weighted by Crippen LogP contribution is 2.36. The third-order valence-electron chi connectivity index (χ3n) is 7.92.